The lowest BCUT2D eigenvalue weighted by atomic mass is 9.70. The third-order valence-electron chi connectivity index (χ3n) is 2.76. The highest BCUT2D eigenvalue weighted by molar-refractivity contribution is 4.85. The first-order chi connectivity index (χ1) is 5.68. The molecule has 12 heavy (non-hydrogen) atoms. The van der Waals surface area contributed by atoms with Crippen LogP contribution in [0.3, 0.4) is 0 Å². The smallest absolute Gasteiger partial charge is 0.147 e. The molecule has 0 aliphatic heterocycles. The lowest BCUT2D eigenvalue weighted by Crippen LogP contribution is -2.30. The molecule has 1 aromatic heterocycles. The van der Waals surface area contributed by atoms with Gasteiger partial charge in [0.1, 0.15) is 12.2 Å². The summed E-state index contributed by atoms with van der Waals surface area (Å²) in [6.45, 7) is 5.29. The molecule has 0 spiro atoms. The Kier molecular flexibility index (Phi) is 1.67. The van der Waals surface area contributed by atoms with Gasteiger partial charge in [-0.05, 0) is 25.2 Å². The summed E-state index contributed by atoms with van der Waals surface area (Å²) < 4.78 is 1.97. The molecule has 2 rings (SSSR count). The summed E-state index contributed by atoms with van der Waals surface area (Å²) in [7, 11) is 0. The Morgan fingerprint density at radius 3 is 2.75 bits per heavy atom. The number of aromatic nitrogens is 3. The van der Waals surface area contributed by atoms with Crippen LogP contribution in [0.4, 0.5) is 0 Å². The van der Waals surface area contributed by atoms with Gasteiger partial charge in [-0.1, -0.05) is 13.3 Å². The number of nitrogens with zero attached hydrogens (tertiary/aromatic N) is 3. The maximum Gasteiger partial charge on any atom is 0.147 e. The second kappa shape index (κ2) is 2.57. The fraction of sp³-hybridized carbons (Fsp3) is 0.778. The quantitative estimate of drug-likeness (QED) is 0.668. The van der Waals surface area contributed by atoms with E-state index in [4.69, 9.17) is 0 Å². The normalized spacial score (nSPS) is 20.5. The molecule has 66 valence electrons. The number of hydrogen-bond acceptors (Lipinski definition) is 2. The molecule has 0 amide bonds. The van der Waals surface area contributed by atoms with Crippen molar-refractivity contribution < 1.29 is 0 Å². The molecular formula is C9H15N3. The summed E-state index contributed by atoms with van der Waals surface area (Å²) in [6, 6.07) is 0. The Morgan fingerprint density at radius 2 is 2.33 bits per heavy atom. The lowest BCUT2D eigenvalue weighted by Gasteiger charge is -2.37. The highest BCUT2D eigenvalue weighted by Crippen LogP contribution is 2.41. The van der Waals surface area contributed by atoms with Crippen LogP contribution in [0.2, 0.25) is 0 Å². The Hall–Kier alpha value is -0.860. The first kappa shape index (κ1) is 7.77. The van der Waals surface area contributed by atoms with Crippen LogP contribution in [0.15, 0.2) is 6.33 Å². The minimum atomic E-state index is 0.500. The Morgan fingerprint density at radius 1 is 1.58 bits per heavy atom. The van der Waals surface area contributed by atoms with Crippen LogP contribution in [-0.2, 0) is 6.54 Å². The fourth-order valence-corrected chi connectivity index (χ4v) is 1.79. The molecule has 1 aliphatic rings. The van der Waals surface area contributed by atoms with E-state index >= 15 is 0 Å². The highest BCUT2D eigenvalue weighted by atomic mass is 15.3. The molecule has 3 nitrogen and oxygen atoms in total. The molecule has 1 fully saturated rings. The number of hydrogen-bond donors (Lipinski definition) is 0. The maximum atomic E-state index is 4.28. The fourth-order valence-electron chi connectivity index (χ4n) is 1.79. The molecule has 0 bridgehead atoms. The van der Waals surface area contributed by atoms with Gasteiger partial charge < -0.3 is 0 Å². The molecule has 1 aromatic rings. The summed E-state index contributed by atoms with van der Waals surface area (Å²) in [5, 5.41) is 4.28. The third-order valence-corrected chi connectivity index (χ3v) is 2.76. The zero-order valence-electron chi connectivity index (χ0n) is 7.75. The molecule has 0 radical (unpaired) electrons. The van der Waals surface area contributed by atoms with E-state index in [-0.39, 0.29) is 0 Å². The minimum Gasteiger partial charge on any atom is -0.252 e. The first-order valence-corrected chi connectivity index (χ1v) is 4.54. The molecule has 3 heteroatoms. The largest absolute Gasteiger partial charge is 0.252 e. The zero-order chi connectivity index (χ0) is 8.60. The van der Waals surface area contributed by atoms with Gasteiger partial charge in [0.15, 0.2) is 0 Å². The second-order valence-corrected chi connectivity index (χ2v) is 4.15. The molecule has 0 atom stereocenters. The molecule has 0 aromatic carbocycles. The molecule has 1 heterocycles. The van der Waals surface area contributed by atoms with Crippen LogP contribution < -0.4 is 0 Å². The van der Waals surface area contributed by atoms with Gasteiger partial charge in [0.05, 0.1) is 0 Å². The Balaban J connectivity index is 2.03. The molecule has 0 saturated heterocycles. The molecule has 0 N–H and O–H groups in total. The average Bonchev–Trinajstić information content (AvgIpc) is 2.32. The van der Waals surface area contributed by atoms with E-state index < -0.39 is 0 Å². The zero-order valence-corrected chi connectivity index (χ0v) is 7.75. The second-order valence-electron chi connectivity index (χ2n) is 4.15. The van der Waals surface area contributed by atoms with Gasteiger partial charge in [0.25, 0.3) is 0 Å². The summed E-state index contributed by atoms with van der Waals surface area (Å²) in [4.78, 5) is 4.11. The van der Waals surface area contributed by atoms with Crippen LogP contribution >= 0.6 is 0 Å². The van der Waals surface area contributed by atoms with E-state index in [0.29, 0.717) is 5.41 Å². The summed E-state index contributed by atoms with van der Waals surface area (Å²) >= 11 is 0. The van der Waals surface area contributed by atoms with E-state index in [1.165, 1.54) is 19.3 Å². The van der Waals surface area contributed by atoms with Crippen molar-refractivity contribution in [2.24, 2.45) is 5.41 Å². The van der Waals surface area contributed by atoms with Gasteiger partial charge in [-0.25, -0.2) is 4.98 Å². The Bertz CT molecular complexity index is 273. The first-order valence-electron chi connectivity index (χ1n) is 4.54. The predicted octanol–water partition coefficient (Wildman–Crippen LogP) is 1.78. The minimum absolute atomic E-state index is 0.500. The highest BCUT2D eigenvalue weighted by Gasteiger charge is 2.32. The summed E-state index contributed by atoms with van der Waals surface area (Å²) in [5.74, 6) is 0.873. The van der Waals surface area contributed by atoms with Crippen molar-refractivity contribution in [2.75, 3.05) is 0 Å². The van der Waals surface area contributed by atoms with E-state index in [9.17, 15) is 0 Å². The lowest BCUT2D eigenvalue weighted by molar-refractivity contribution is 0.125. The monoisotopic (exact) mass is 165 g/mol. The van der Waals surface area contributed by atoms with Crippen LogP contribution in [0, 0.1) is 12.3 Å². The Labute approximate surface area is 72.8 Å². The van der Waals surface area contributed by atoms with Crippen LogP contribution in [0.1, 0.15) is 32.0 Å². The van der Waals surface area contributed by atoms with Crippen molar-refractivity contribution in [3.05, 3.63) is 12.2 Å². The topological polar surface area (TPSA) is 30.7 Å². The van der Waals surface area contributed by atoms with Crippen LogP contribution in [0.25, 0.3) is 0 Å². The van der Waals surface area contributed by atoms with E-state index in [2.05, 4.69) is 17.0 Å². The van der Waals surface area contributed by atoms with Gasteiger partial charge in [-0.15, -0.1) is 0 Å². The van der Waals surface area contributed by atoms with Gasteiger partial charge in [0, 0.05) is 6.54 Å². The van der Waals surface area contributed by atoms with E-state index in [0.717, 1.165) is 12.4 Å². The summed E-state index contributed by atoms with van der Waals surface area (Å²) in [5.41, 5.74) is 0.500. The molecule has 1 saturated carbocycles. The van der Waals surface area contributed by atoms with Crippen molar-refractivity contribution in [2.45, 2.75) is 39.7 Å². The van der Waals surface area contributed by atoms with Gasteiger partial charge >= 0.3 is 0 Å². The number of aryl methyl sites for hydroxylation is 1. The molecular weight excluding hydrogens is 150 g/mol. The molecule has 1 aliphatic carbocycles. The molecule has 0 unspecified atom stereocenters. The standard InChI is InChI=1S/C9H15N3/c1-8-10-7-12(11-8)6-9(2)4-3-5-9/h7H,3-6H2,1-2H3. The van der Waals surface area contributed by atoms with Gasteiger partial charge in [-0.2, -0.15) is 5.10 Å². The maximum absolute atomic E-state index is 4.28. The van der Waals surface area contributed by atoms with Crippen molar-refractivity contribution in [1.82, 2.24) is 14.8 Å². The SMILES string of the molecule is Cc1ncn(CC2(C)CCC2)n1. The average molecular weight is 165 g/mol. The number of rotatable bonds is 2. The van der Waals surface area contributed by atoms with E-state index in [1.807, 2.05) is 17.9 Å². The predicted molar refractivity (Wildman–Crippen MR) is 46.7 cm³/mol. The van der Waals surface area contributed by atoms with Gasteiger partial charge in [0.2, 0.25) is 0 Å². The van der Waals surface area contributed by atoms with Crippen LogP contribution in [-0.4, -0.2) is 14.8 Å². The summed E-state index contributed by atoms with van der Waals surface area (Å²) in [6.07, 6.45) is 5.89. The third kappa shape index (κ3) is 1.36. The van der Waals surface area contributed by atoms with Crippen molar-refractivity contribution in [3.63, 3.8) is 0 Å². The van der Waals surface area contributed by atoms with Gasteiger partial charge in [-0.3, -0.25) is 4.68 Å². The van der Waals surface area contributed by atoms with Crippen molar-refractivity contribution in [1.29, 1.82) is 0 Å². The van der Waals surface area contributed by atoms with E-state index in [1.54, 1.807) is 0 Å². The van der Waals surface area contributed by atoms with Crippen molar-refractivity contribution >= 4 is 0 Å². The van der Waals surface area contributed by atoms with Crippen LogP contribution in [0.5, 0.6) is 0 Å². The van der Waals surface area contributed by atoms with Crippen molar-refractivity contribution in [3.8, 4) is 0 Å².